The summed E-state index contributed by atoms with van der Waals surface area (Å²) in [6.45, 7) is 0. The molecule has 0 saturated carbocycles. The number of rotatable bonds is 4. The zero-order valence-electron chi connectivity index (χ0n) is 13.6. The molecule has 1 aromatic heterocycles. The van der Waals surface area contributed by atoms with Crippen molar-refractivity contribution in [3.05, 3.63) is 69.3 Å². The Kier molecular flexibility index (Phi) is 5.02. The Bertz CT molecular complexity index is 1040. The molecular weight excluding hydrogens is 375 g/mol. The van der Waals surface area contributed by atoms with Crippen LogP contribution in [0.1, 0.15) is 21.6 Å². The van der Waals surface area contributed by atoms with Gasteiger partial charge in [-0.15, -0.1) is 0 Å². The number of carbonyl (C=O) groups excluding carboxylic acids is 1. The second-order valence-corrected chi connectivity index (χ2v) is 6.38. The van der Waals surface area contributed by atoms with Gasteiger partial charge >= 0.3 is 5.97 Å². The first-order valence-electron chi connectivity index (χ1n) is 7.65. The van der Waals surface area contributed by atoms with Gasteiger partial charge in [0.05, 0.1) is 5.02 Å². The standard InChI is InChI=1S/C19H14Cl2N2O3/c1-22-18(24)12(10-5-3-2-4-6-10)9-13-16-14(21)7-11(20)8-15(16)23-17(13)19(25)26/h2-9,23H,1H3,(H,22,24)(H,25,26)/b12-9+. The summed E-state index contributed by atoms with van der Waals surface area (Å²) in [5, 5.41) is 13.3. The second-order valence-electron chi connectivity index (χ2n) is 5.53. The van der Waals surface area contributed by atoms with Gasteiger partial charge in [-0.2, -0.15) is 0 Å². The normalized spacial score (nSPS) is 11.6. The summed E-state index contributed by atoms with van der Waals surface area (Å²) in [4.78, 5) is 26.9. The van der Waals surface area contributed by atoms with Crippen LogP contribution >= 0.6 is 23.2 Å². The van der Waals surface area contributed by atoms with E-state index in [4.69, 9.17) is 23.2 Å². The third kappa shape index (κ3) is 3.31. The van der Waals surface area contributed by atoms with Crippen molar-refractivity contribution in [2.75, 3.05) is 7.05 Å². The molecule has 26 heavy (non-hydrogen) atoms. The molecular formula is C19H14Cl2N2O3. The van der Waals surface area contributed by atoms with E-state index in [0.717, 1.165) is 0 Å². The van der Waals surface area contributed by atoms with E-state index in [-0.39, 0.29) is 11.6 Å². The summed E-state index contributed by atoms with van der Waals surface area (Å²) in [6.07, 6.45) is 1.52. The van der Waals surface area contributed by atoms with Crippen molar-refractivity contribution in [3.63, 3.8) is 0 Å². The van der Waals surface area contributed by atoms with Gasteiger partial charge < -0.3 is 15.4 Å². The molecule has 2 aromatic carbocycles. The number of aromatic carboxylic acids is 1. The molecule has 0 fully saturated rings. The molecule has 0 aliphatic carbocycles. The average Bonchev–Trinajstić information content (AvgIpc) is 2.98. The van der Waals surface area contributed by atoms with Crippen molar-refractivity contribution in [2.24, 2.45) is 0 Å². The Labute approximate surface area is 159 Å². The van der Waals surface area contributed by atoms with Crippen molar-refractivity contribution in [1.29, 1.82) is 0 Å². The summed E-state index contributed by atoms with van der Waals surface area (Å²) in [5.74, 6) is -1.50. The van der Waals surface area contributed by atoms with Crippen LogP contribution in [0.15, 0.2) is 42.5 Å². The Balaban J connectivity index is 2.34. The van der Waals surface area contributed by atoms with Crippen LogP contribution in [0.3, 0.4) is 0 Å². The lowest BCUT2D eigenvalue weighted by molar-refractivity contribution is -0.115. The highest BCUT2D eigenvalue weighted by Gasteiger charge is 2.20. The number of carboxylic acid groups (broad SMARTS) is 1. The molecule has 0 saturated heterocycles. The van der Waals surface area contributed by atoms with Crippen LogP contribution in [0.2, 0.25) is 10.0 Å². The van der Waals surface area contributed by atoms with Gasteiger partial charge in [-0.3, -0.25) is 4.79 Å². The number of H-pyrrole nitrogens is 1. The summed E-state index contributed by atoms with van der Waals surface area (Å²) < 4.78 is 0. The monoisotopic (exact) mass is 388 g/mol. The van der Waals surface area contributed by atoms with Gasteiger partial charge in [0.15, 0.2) is 0 Å². The molecule has 0 unspecified atom stereocenters. The SMILES string of the molecule is CNC(=O)/C(=C/c1c(C(=O)O)[nH]c2cc(Cl)cc(Cl)c12)c1ccccc1. The lowest BCUT2D eigenvalue weighted by Gasteiger charge is -2.07. The Morgan fingerprint density at radius 2 is 1.85 bits per heavy atom. The van der Waals surface area contributed by atoms with E-state index in [1.54, 1.807) is 30.3 Å². The van der Waals surface area contributed by atoms with E-state index < -0.39 is 5.97 Å². The van der Waals surface area contributed by atoms with E-state index in [2.05, 4.69) is 10.3 Å². The molecule has 0 aliphatic heterocycles. The number of carbonyl (C=O) groups is 2. The third-order valence-electron chi connectivity index (χ3n) is 3.91. The van der Waals surface area contributed by atoms with Gasteiger partial charge in [0.25, 0.3) is 5.91 Å². The van der Waals surface area contributed by atoms with Crippen LogP contribution in [-0.4, -0.2) is 29.0 Å². The lowest BCUT2D eigenvalue weighted by atomic mass is 10.0. The minimum Gasteiger partial charge on any atom is -0.477 e. The molecule has 3 aromatic rings. The maximum Gasteiger partial charge on any atom is 0.352 e. The van der Waals surface area contributed by atoms with Crippen LogP contribution in [0.25, 0.3) is 22.6 Å². The van der Waals surface area contributed by atoms with E-state index in [1.807, 2.05) is 6.07 Å². The van der Waals surface area contributed by atoms with E-state index >= 15 is 0 Å². The molecule has 0 radical (unpaired) electrons. The number of benzene rings is 2. The summed E-state index contributed by atoms with van der Waals surface area (Å²) >= 11 is 12.3. The number of carboxylic acids is 1. The summed E-state index contributed by atoms with van der Waals surface area (Å²) in [5.41, 5.74) is 1.71. The number of aromatic amines is 1. The lowest BCUT2D eigenvalue weighted by Crippen LogP contribution is -2.19. The number of aromatic nitrogens is 1. The Hall–Kier alpha value is -2.76. The van der Waals surface area contributed by atoms with Gasteiger partial charge in [-0.1, -0.05) is 53.5 Å². The quantitative estimate of drug-likeness (QED) is 0.577. The zero-order valence-corrected chi connectivity index (χ0v) is 15.2. The highest BCUT2D eigenvalue weighted by molar-refractivity contribution is 6.39. The van der Waals surface area contributed by atoms with Crippen LogP contribution in [0.4, 0.5) is 0 Å². The van der Waals surface area contributed by atoms with Crippen molar-refractivity contribution in [2.45, 2.75) is 0 Å². The first kappa shape index (κ1) is 18.0. The fourth-order valence-electron chi connectivity index (χ4n) is 2.76. The number of fused-ring (bicyclic) bond motifs is 1. The van der Waals surface area contributed by atoms with Crippen molar-refractivity contribution in [1.82, 2.24) is 10.3 Å². The molecule has 0 spiro atoms. The largest absolute Gasteiger partial charge is 0.477 e. The van der Waals surface area contributed by atoms with Gasteiger partial charge in [-0.05, 0) is 23.8 Å². The van der Waals surface area contributed by atoms with Crippen molar-refractivity contribution < 1.29 is 14.7 Å². The third-order valence-corrected chi connectivity index (χ3v) is 4.43. The van der Waals surface area contributed by atoms with Gasteiger partial charge in [0.2, 0.25) is 0 Å². The topological polar surface area (TPSA) is 82.2 Å². The maximum atomic E-state index is 12.4. The average molecular weight is 389 g/mol. The predicted octanol–water partition coefficient (Wildman–Crippen LogP) is 4.46. The Morgan fingerprint density at radius 3 is 2.46 bits per heavy atom. The summed E-state index contributed by atoms with van der Waals surface area (Å²) in [7, 11) is 1.51. The number of amides is 1. The number of hydrogen-bond acceptors (Lipinski definition) is 2. The molecule has 0 bridgehead atoms. The molecule has 132 valence electrons. The molecule has 5 nitrogen and oxygen atoms in total. The van der Waals surface area contributed by atoms with E-state index in [0.29, 0.717) is 37.6 Å². The molecule has 0 aliphatic rings. The number of halogens is 2. The number of nitrogens with one attached hydrogen (secondary N) is 2. The van der Waals surface area contributed by atoms with Crippen LogP contribution < -0.4 is 5.32 Å². The highest BCUT2D eigenvalue weighted by Crippen LogP contribution is 2.35. The van der Waals surface area contributed by atoms with Crippen LogP contribution in [0.5, 0.6) is 0 Å². The first-order chi connectivity index (χ1) is 12.4. The van der Waals surface area contributed by atoms with Crippen molar-refractivity contribution in [3.8, 4) is 0 Å². The molecule has 0 atom stereocenters. The van der Waals surface area contributed by atoms with E-state index in [1.165, 1.54) is 19.2 Å². The first-order valence-corrected chi connectivity index (χ1v) is 8.41. The van der Waals surface area contributed by atoms with Gasteiger partial charge in [0.1, 0.15) is 5.69 Å². The smallest absolute Gasteiger partial charge is 0.352 e. The van der Waals surface area contributed by atoms with E-state index in [9.17, 15) is 14.7 Å². The van der Waals surface area contributed by atoms with Crippen LogP contribution in [0, 0.1) is 0 Å². The zero-order chi connectivity index (χ0) is 18.8. The second kappa shape index (κ2) is 7.23. The Morgan fingerprint density at radius 1 is 1.15 bits per heavy atom. The minimum absolute atomic E-state index is 0.0681. The predicted molar refractivity (Wildman–Crippen MR) is 104 cm³/mol. The van der Waals surface area contributed by atoms with Gasteiger partial charge in [-0.25, -0.2) is 4.79 Å². The van der Waals surface area contributed by atoms with Gasteiger partial charge in [0, 0.05) is 34.1 Å². The molecule has 1 heterocycles. The number of likely N-dealkylation sites (N-methyl/N-ethyl adjacent to an activating group) is 1. The maximum absolute atomic E-state index is 12.4. The molecule has 3 rings (SSSR count). The highest BCUT2D eigenvalue weighted by atomic mass is 35.5. The van der Waals surface area contributed by atoms with Crippen LogP contribution in [-0.2, 0) is 4.79 Å². The molecule has 7 heteroatoms. The fourth-order valence-corrected chi connectivity index (χ4v) is 3.36. The molecule has 3 N–H and O–H groups in total. The minimum atomic E-state index is -1.16. The fraction of sp³-hybridized carbons (Fsp3) is 0.0526. The van der Waals surface area contributed by atoms with Crippen molar-refractivity contribution >= 4 is 57.6 Å². The summed E-state index contributed by atoms with van der Waals surface area (Å²) in [6, 6.07) is 12.1. The molecule has 1 amide bonds. The number of hydrogen-bond donors (Lipinski definition) is 3.